The predicted octanol–water partition coefficient (Wildman–Crippen LogP) is 5.54. The first-order valence-electron chi connectivity index (χ1n) is 10.2. The van der Waals surface area contributed by atoms with Gasteiger partial charge in [-0.1, -0.05) is 41.9 Å². The van der Waals surface area contributed by atoms with Gasteiger partial charge >= 0.3 is 0 Å². The number of hydrogen-bond acceptors (Lipinski definition) is 3. The number of hydrogen-bond donors (Lipinski definition) is 2. The van der Waals surface area contributed by atoms with Crippen molar-refractivity contribution in [2.24, 2.45) is 0 Å². The molecule has 0 saturated carbocycles. The first-order valence-corrected chi connectivity index (χ1v) is 10.6. The largest absolute Gasteiger partial charge is 0.325 e. The van der Waals surface area contributed by atoms with Crippen LogP contribution in [0.2, 0.25) is 5.02 Å². The summed E-state index contributed by atoms with van der Waals surface area (Å²) in [5.74, 6) is 0.0548. The van der Waals surface area contributed by atoms with Crippen molar-refractivity contribution >= 4 is 35.6 Å². The Balaban J connectivity index is 0.00000272. The van der Waals surface area contributed by atoms with Crippen LogP contribution >= 0.6 is 24.0 Å². The molecule has 2 heterocycles. The highest BCUT2D eigenvalue weighted by molar-refractivity contribution is 6.30. The summed E-state index contributed by atoms with van der Waals surface area (Å²) in [4.78, 5) is 13.0. The summed E-state index contributed by atoms with van der Waals surface area (Å²) in [5.41, 5.74) is 2.80. The predicted molar refractivity (Wildman–Crippen MR) is 128 cm³/mol. The zero-order chi connectivity index (χ0) is 21.3. The fourth-order valence-electron chi connectivity index (χ4n) is 3.92. The van der Waals surface area contributed by atoms with Crippen LogP contribution in [0.15, 0.2) is 66.9 Å². The van der Waals surface area contributed by atoms with Crippen LogP contribution in [0, 0.1) is 0 Å². The fourth-order valence-corrected chi connectivity index (χ4v) is 4.05. The average molecular weight is 459 g/mol. The number of nitrogens with zero attached hydrogens (tertiary/aromatic N) is 2. The summed E-state index contributed by atoms with van der Waals surface area (Å²) >= 11 is 6.09. The van der Waals surface area contributed by atoms with Crippen molar-refractivity contribution in [3.63, 3.8) is 0 Å². The third-order valence-electron chi connectivity index (χ3n) is 5.54. The number of rotatable bonds is 4. The molecule has 0 bridgehead atoms. The Morgan fingerprint density at radius 1 is 1.10 bits per heavy atom. The van der Waals surface area contributed by atoms with Crippen LogP contribution in [0.25, 0.3) is 0 Å². The molecule has 1 aliphatic heterocycles. The average Bonchev–Trinajstić information content (AvgIpc) is 3.36. The molecule has 7 heteroatoms. The minimum Gasteiger partial charge on any atom is -0.325 e. The summed E-state index contributed by atoms with van der Waals surface area (Å²) in [6, 6.07) is 19.1. The van der Waals surface area contributed by atoms with Crippen molar-refractivity contribution in [3.05, 3.63) is 83.1 Å². The molecule has 4 rings (SSSR count). The molecule has 3 aromatic rings. The third-order valence-corrected chi connectivity index (χ3v) is 5.79. The van der Waals surface area contributed by atoms with E-state index in [0.29, 0.717) is 11.4 Å². The molecule has 1 aromatic heterocycles. The van der Waals surface area contributed by atoms with Gasteiger partial charge < -0.3 is 5.32 Å². The van der Waals surface area contributed by atoms with Gasteiger partial charge in [-0.05, 0) is 63.1 Å². The van der Waals surface area contributed by atoms with Gasteiger partial charge in [-0.2, -0.15) is 5.10 Å². The molecule has 1 unspecified atom stereocenters. The summed E-state index contributed by atoms with van der Waals surface area (Å²) in [5, 5.41) is 12.1. The van der Waals surface area contributed by atoms with Crippen LogP contribution in [-0.4, -0.2) is 21.7 Å². The minimum atomic E-state index is -0.310. The molecule has 0 spiro atoms. The highest BCUT2D eigenvalue weighted by Gasteiger charge is 2.40. The second-order valence-electron chi connectivity index (χ2n) is 8.80. The molecule has 2 aromatic carbocycles. The Hall–Kier alpha value is -2.34. The molecule has 5 nitrogen and oxygen atoms in total. The van der Waals surface area contributed by atoms with E-state index in [1.807, 2.05) is 65.5 Å². The van der Waals surface area contributed by atoms with E-state index in [-0.39, 0.29) is 41.9 Å². The van der Waals surface area contributed by atoms with Crippen LogP contribution in [0.1, 0.15) is 50.4 Å². The van der Waals surface area contributed by atoms with Gasteiger partial charge in [0.05, 0.1) is 17.3 Å². The van der Waals surface area contributed by atoms with E-state index in [2.05, 4.69) is 37.5 Å². The third kappa shape index (κ3) is 5.29. The summed E-state index contributed by atoms with van der Waals surface area (Å²) < 4.78 is 1.98. The topological polar surface area (TPSA) is 59.0 Å². The van der Waals surface area contributed by atoms with Crippen molar-refractivity contribution in [1.29, 1.82) is 0 Å². The molecule has 0 aliphatic carbocycles. The van der Waals surface area contributed by atoms with Gasteiger partial charge in [-0.25, -0.2) is 0 Å². The molecule has 2 N–H and O–H groups in total. The zero-order valence-corrected chi connectivity index (χ0v) is 19.5. The Kier molecular flexibility index (Phi) is 7.10. The van der Waals surface area contributed by atoms with E-state index >= 15 is 0 Å². The molecular formula is C24H28Cl2N4O. The number of carbonyl (C=O) groups excluding carboxylic acids is 1. The summed E-state index contributed by atoms with van der Waals surface area (Å²) in [7, 11) is 0. The van der Waals surface area contributed by atoms with Gasteiger partial charge in [-0.3, -0.25) is 14.8 Å². The van der Waals surface area contributed by atoms with Crippen LogP contribution in [0.5, 0.6) is 0 Å². The molecule has 164 valence electrons. The number of para-hydroxylation sites is 1. The first-order chi connectivity index (χ1) is 14.3. The van der Waals surface area contributed by atoms with Crippen LogP contribution in [-0.2, 0) is 10.3 Å². The normalized spacial score (nSPS) is 20.8. The van der Waals surface area contributed by atoms with E-state index in [4.69, 9.17) is 16.7 Å². The lowest BCUT2D eigenvalue weighted by atomic mass is 9.90. The Bertz CT molecular complexity index is 1010. The number of aromatic nitrogens is 2. The Morgan fingerprint density at radius 3 is 2.39 bits per heavy atom. The maximum absolute atomic E-state index is 13.0. The lowest BCUT2D eigenvalue weighted by molar-refractivity contribution is -0.117. The number of halogens is 2. The van der Waals surface area contributed by atoms with Gasteiger partial charge in [0.2, 0.25) is 5.91 Å². The van der Waals surface area contributed by atoms with Gasteiger partial charge in [0.15, 0.2) is 0 Å². The fraction of sp³-hybridized carbons (Fsp3) is 0.333. The van der Waals surface area contributed by atoms with Gasteiger partial charge in [0, 0.05) is 28.9 Å². The Morgan fingerprint density at radius 2 is 1.77 bits per heavy atom. The first kappa shape index (κ1) is 23.3. The second-order valence-corrected chi connectivity index (χ2v) is 9.24. The molecule has 1 fully saturated rings. The van der Waals surface area contributed by atoms with Crippen molar-refractivity contribution in [1.82, 2.24) is 15.1 Å². The number of anilines is 1. The second kappa shape index (κ2) is 9.43. The van der Waals surface area contributed by atoms with E-state index < -0.39 is 0 Å². The van der Waals surface area contributed by atoms with Crippen LogP contribution < -0.4 is 10.6 Å². The maximum Gasteiger partial charge on any atom is 0.241 e. The SMILES string of the molecule is CC(C)(C)n1ccc(C2C[C@@H](C(=O)Nc3ccccc3)N[C@H]2c2ccc(Cl)cc2)n1.Cl. The van der Waals surface area contributed by atoms with Crippen LogP contribution in [0.3, 0.4) is 0 Å². The minimum absolute atomic E-state index is 0. The van der Waals surface area contributed by atoms with Crippen molar-refractivity contribution < 1.29 is 4.79 Å². The van der Waals surface area contributed by atoms with Gasteiger partial charge in [-0.15, -0.1) is 12.4 Å². The molecule has 1 amide bonds. The highest BCUT2D eigenvalue weighted by Crippen LogP contribution is 2.40. The molecule has 0 radical (unpaired) electrons. The molecule has 3 atom stereocenters. The molecular weight excluding hydrogens is 431 g/mol. The summed E-state index contributed by atoms with van der Waals surface area (Å²) in [6.45, 7) is 6.39. The van der Waals surface area contributed by atoms with Crippen LogP contribution in [0.4, 0.5) is 5.69 Å². The van der Waals surface area contributed by atoms with E-state index in [1.165, 1.54) is 0 Å². The Labute approximate surface area is 194 Å². The van der Waals surface area contributed by atoms with Crippen molar-refractivity contribution in [2.45, 2.75) is 50.7 Å². The van der Waals surface area contributed by atoms with E-state index in [1.54, 1.807) is 0 Å². The van der Waals surface area contributed by atoms with Gasteiger partial charge in [0.25, 0.3) is 0 Å². The lowest BCUT2D eigenvalue weighted by Gasteiger charge is -2.21. The van der Waals surface area contributed by atoms with E-state index in [0.717, 1.165) is 16.9 Å². The monoisotopic (exact) mass is 458 g/mol. The zero-order valence-electron chi connectivity index (χ0n) is 17.9. The number of benzene rings is 2. The van der Waals surface area contributed by atoms with Gasteiger partial charge in [0.1, 0.15) is 0 Å². The molecule has 31 heavy (non-hydrogen) atoms. The number of carbonyl (C=O) groups is 1. The highest BCUT2D eigenvalue weighted by atomic mass is 35.5. The smallest absolute Gasteiger partial charge is 0.241 e. The maximum atomic E-state index is 13.0. The number of amides is 1. The standard InChI is InChI=1S/C24H27ClN4O.ClH/c1-24(2,3)29-14-13-20(28-29)19-15-21(23(30)26-18-7-5-4-6-8-18)27-22(19)16-9-11-17(25)12-10-16;/h4-14,19,21-22,27H,15H2,1-3H3,(H,26,30);1H/t19?,21-,22-;/m0./s1. The molecule has 1 aliphatic rings. The summed E-state index contributed by atoms with van der Waals surface area (Å²) in [6.07, 6.45) is 2.69. The van der Waals surface area contributed by atoms with Crippen molar-refractivity contribution in [3.8, 4) is 0 Å². The van der Waals surface area contributed by atoms with Crippen molar-refractivity contribution in [2.75, 3.05) is 5.32 Å². The van der Waals surface area contributed by atoms with E-state index in [9.17, 15) is 4.79 Å². The quantitative estimate of drug-likeness (QED) is 0.539. The number of nitrogens with one attached hydrogen (secondary N) is 2. The lowest BCUT2D eigenvalue weighted by Crippen LogP contribution is -2.36. The molecule has 1 saturated heterocycles.